The molecule has 0 aromatic heterocycles. The van der Waals surface area contributed by atoms with Gasteiger partial charge in [0.2, 0.25) is 17.7 Å². The maximum Gasteiger partial charge on any atom is 0.408 e. The summed E-state index contributed by atoms with van der Waals surface area (Å²) < 4.78 is 5.30. The van der Waals surface area contributed by atoms with Crippen LogP contribution in [0.5, 0.6) is 5.75 Å². The monoisotopic (exact) mass is 554 g/mol. The molecule has 0 aliphatic carbocycles. The van der Waals surface area contributed by atoms with E-state index in [0.29, 0.717) is 6.42 Å². The van der Waals surface area contributed by atoms with Crippen molar-refractivity contribution in [3.8, 4) is 5.75 Å². The maximum absolute atomic E-state index is 14.0. The lowest BCUT2D eigenvalue weighted by molar-refractivity contribution is -0.143. The number of carbonyl (C=O) groups is 4. The smallest absolute Gasteiger partial charge is 0.408 e. The number of nitrogens with one attached hydrogen (secondary N) is 2. The van der Waals surface area contributed by atoms with Gasteiger partial charge in [0, 0.05) is 18.7 Å². The van der Waals surface area contributed by atoms with E-state index in [1.54, 1.807) is 39.0 Å². The Labute approximate surface area is 236 Å². The van der Waals surface area contributed by atoms with Crippen LogP contribution in [0, 0.1) is 0 Å². The number of ether oxygens (including phenoxy) is 1. The third-order valence-electron chi connectivity index (χ3n) is 6.03. The molecule has 0 radical (unpaired) electrons. The van der Waals surface area contributed by atoms with Gasteiger partial charge in [0.1, 0.15) is 23.4 Å². The van der Waals surface area contributed by atoms with E-state index in [1.165, 1.54) is 11.0 Å². The average molecular weight is 555 g/mol. The van der Waals surface area contributed by atoms with Crippen LogP contribution in [-0.2, 0) is 25.7 Å². The number of primary amides is 1. The zero-order valence-corrected chi connectivity index (χ0v) is 23.8. The number of phenolic OH excluding ortho intramolecular Hbond substituents is 1. The van der Waals surface area contributed by atoms with Gasteiger partial charge in [-0.05, 0) is 38.8 Å². The molecule has 2 aromatic rings. The zero-order chi connectivity index (χ0) is 29.7. The van der Waals surface area contributed by atoms with E-state index in [4.69, 9.17) is 10.5 Å². The molecule has 0 heterocycles. The minimum Gasteiger partial charge on any atom is -0.508 e. The van der Waals surface area contributed by atoms with Crippen LogP contribution in [-0.4, -0.2) is 52.0 Å². The van der Waals surface area contributed by atoms with Crippen LogP contribution in [0.1, 0.15) is 77.0 Å². The number of unbranched alkanes of at least 4 members (excludes halogenated alkanes) is 3. The lowest BCUT2D eigenvalue weighted by Gasteiger charge is -2.34. The van der Waals surface area contributed by atoms with Crippen molar-refractivity contribution in [3.05, 3.63) is 65.7 Å². The predicted molar refractivity (Wildman–Crippen MR) is 152 cm³/mol. The second kappa shape index (κ2) is 15.5. The molecule has 2 unspecified atom stereocenters. The van der Waals surface area contributed by atoms with Crippen LogP contribution >= 0.6 is 0 Å². The largest absolute Gasteiger partial charge is 0.508 e. The van der Waals surface area contributed by atoms with Crippen molar-refractivity contribution in [1.29, 1.82) is 0 Å². The molecule has 0 bridgehead atoms. The van der Waals surface area contributed by atoms with E-state index >= 15 is 0 Å². The van der Waals surface area contributed by atoms with Crippen LogP contribution in [0.3, 0.4) is 0 Å². The summed E-state index contributed by atoms with van der Waals surface area (Å²) in [5.74, 6) is -2.19. The number of aromatic hydroxyl groups is 1. The summed E-state index contributed by atoms with van der Waals surface area (Å²) in [6.45, 7) is 7.40. The second-order valence-corrected chi connectivity index (χ2v) is 10.6. The summed E-state index contributed by atoms with van der Waals surface area (Å²) >= 11 is 0. The SMILES string of the molecule is CCCCCCN(C(=O)C(CC(N)=O)NC(=O)OC(C)(C)C)C(C(=O)NCc1ccccc1)c1ccccc1O. The highest BCUT2D eigenvalue weighted by Gasteiger charge is 2.37. The highest BCUT2D eigenvalue weighted by atomic mass is 16.6. The molecule has 2 atom stereocenters. The molecule has 4 amide bonds. The van der Waals surface area contributed by atoms with E-state index in [-0.39, 0.29) is 24.4 Å². The molecule has 2 rings (SSSR count). The molecule has 10 heteroatoms. The zero-order valence-electron chi connectivity index (χ0n) is 23.8. The molecule has 5 N–H and O–H groups in total. The van der Waals surface area contributed by atoms with Crippen LogP contribution in [0.4, 0.5) is 4.79 Å². The van der Waals surface area contributed by atoms with E-state index in [1.807, 2.05) is 30.3 Å². The average Bonchev–Trinajstić information content (AvgIpc) is 2.88. The minimum absolute atomic E-state index is 0.141. The molecule has 10 nitrogen and oxygen atoms in total. The Morgan fingerprint density at radius 1 is 0.975 bits per heavy atom. The quantitative estimate of drug-likeness (QED) is 0.260. The van der Waals surface area contributed by atoms with Gasteiger partial charge in [-0.2, -0.15) is 0 Å². The highest BCUT2D eigenvalue weighted by molar-refractivity contribution is 5.94. The molecule has 218 valence electrons. The molecular weight excluding hydrogens is 512 g/mol. The number of alkyl carbamates (subject to hydrolysis) is 1. The third kappa shape index (κ3) is 10.6. The Morgan fingerprint density at radius 3 is 2.23 bits per heavy atom. The van der Waals surface area contributed by atoms with Gasteiger partial charge in [0.05, 0.1) is 6.42 Å². The first-order valence-electron chi connectivity index (χ1n) is 13.6. The number of carbonyl (C=O) groups excluding carboxylic acids is 4. The molecule has 0 saturated carbocycles. The summed E-state index contributed by atoms with van der Waals surface area (Å²) in [5.41, 5.74) is 5.66. The molecular formula is C30H42N4O6. The predicted octanol–water partition coefficient (Wildman–Crippen LogP) is 3.93. The van der Waals surface area contributed by atoms with Crippen molar-refractivity contribution < 1.29 is 29.0 Å². The second-order valence-electron chi connectivity index (χ2n) is 10.6. The number of benzene rings is 2. The Bertz CT molecular complexity index is 1130. The van der Waals surface area contributed by atoms with E-state index in [0.717, 1.165) is 24.8 Å². The minimum atomic E-state index is -1.38. The van der Waals surface area contributed by atoms with Gasteiger partial charge in [-0.25, -0.2) is 4.79 Å². The summed E-state index contributed by atoms with van der Waals surface area (Å²) in [4.78, 5) is 53.6. The van der Waals surface area contributed by atoms with Gasteiger partial charge in [-0.3, -0.25) is 14.4 Å². The van der Waals surface area contributed by atoms with Crippen molar-refractivity contribution in [3.63, 3.8) is 0 Å². The lowest BCUT2D eigenvalue weighted by Crippen LogP contribution is -2.54. The normalized spacial score (nSPS) is 12.6. The highest BCUT2D eigenvalue weighted by Crippen LogP contribution is 2.30. The van der Waals surface area contributed by atoms with E-state index in [9.17, 15) is 24.3 Å². The Morgan fingerprint density at radius 2 is 1.62 bits per heavy atom. The van der Waals surface area contributed by atoms with Crippen molar-refractivity contribution in [2.75, 3.05) is 6.54 Å². The summed E-state index contributed by atoms with van der Waals surface area (Å²) in [6.07, 6.45) is 1.84. The van der Waals surface area contributed by atoms with Gasteiger partial charge in [-0.15, -0.1) is 0 Å². The number of hydrogen-bond acceptors (Lipinski definition) is 6. The van der Waals surface area contributed by atoms with Crippen LogP contribution in [0.2, 0.25) is 0 Å². The lowest BCUT2D eigenvalue weighted by atomic mass is 10.00. The number of amides is 4. The third-order valence-corrected chi connectivity index (χ3v) is 6.03. The Hall–Kier alpha value is -4.08. The van der Waals surface area contributed by atoms with Gasteiger partial charge < -0.3 is 31.1 Å². The summed E-state index contributed by atoms with van der Waals surface area (Å²) in [6, 6.07) is 12.9. The molecule has 2 aromatic carbocycles. The molecule has 0 fully saturated rings. The molecule has 0 aliphatic rings. The van der Waals surface area contributed by atoms with Gasteiger partial charge >= 0.3 is 6.09 Å². The van der Waals surface area contributed by atoms with Crippen LogP contribution in [0.15, 0.2) is 54.6 Å². The van der Waals surface area contributed by atoms with Crippen molar-refractivity contribution >= 4 is 23.8 Å². The fraction of sp³-hybridized carbons (Fsp3) is 0.467. The van der Waals surface area contributed by atoms with Crippen molar-refractivity contribution in [2.24, 2.45) is 5.73 Å². The summed E-state index contributed by atoms with van der Waals surface area (Å²) in [7, 11) is 0. The number of rotatable bonds is 14. The number of nitrogens with two attached hydrogens (primary N) is 1. The first-order chi connectivity index (χ1) is 18.9. The van der Waals surface area contributed by atoms with Crippen molar-refractivity contribution in [1.82, 2.24) is 15.5 Å². The maximum atomic E-state index is 14.0. The van der Waals surface area contributed by atoms with Crippen LogP contribution < -0.4 is 16.4 Å². The number of nitrogens with zero attached hydrogens (tertiary/aromatic N) is 1. The standard InChI is InChI=1S/C30H42N4O6/c1-5-6-7-13-18-34(28(38)23(19-25(31)36)33-29(39)40-30(2,3)4)26(22-16-11-12-17-24(22)35)27(37)32-20-21-14-9-8-10-15-21/h8-12,14-17,23,26,35H,5-7,13,18-20H2,1-4H3,(H2,31,36)(H,32,37)(H,33,39). The topological polar surface area (TPSA) is 151 Å². The van der Waals surface area contributed by atoms with E-state index < -0.39 is 47.9 Å². The first-order valence-corrected chi connectivity index (χ1v) is 13.6. The van der Waals surface area contributed by atoms with Gasteiger partial charge in [-0.1, -0.05) is 74.7 Å². The fourth-order valence-electron chi connectivity index (χ4n) is 4.18. The molecule has 40 heavy (non-hydrogen) atoms. The molecule has 0 aliphatic heterocycles. The van der Waals surface area contributed by atoms with Crippen LogP contribution in [0.25, 0.3) is 0 Å². The molecule has 0 saturated heterocycles. The first kappa shape index (κ1) is 32.1. The number of phenols is 1. The fourth-order valence-corrected chi connectivity index (χ4v) is 4.18. The van der Waals surface area contributed by atoms with E-state index in [2.05, 4.69) is 17.6 Å². The van der Waals surface area contributed by atoms with Gasteiger partial charge in [0.25, 0.3) is 0 Å². The van der Waals surface area contributed by atoms with Crippen molar-refractivity contribution in [2.45, 2.75) is 84.0 Å². The Balaban J connectivity index is 2.49. The Kier molecular flexibility index (Phi) is 12.4. The summed E-state index contributed by atoms with van der Waals surface area (Å²) in [5, 5.41) is 16.1. The number of hydrogen-bond donors (Lipinski definition) is 4. The number of para-hydroxylation sites is 1. The molecule has 0 spiro atoms. The van der Waals surface area contributed by atoms with Gasteiger partial charge in [0.15, 0.2) is 0 Å².